The second kappa shape index (κ2) is 6.00. The molecule has 0 bridgehead atoms. The number of aryl methyl sites for hydroxylation is 2. The van der Waals surface area contributed by atoms with Crippen molar-refractivity contribution in [3.8, 4) is 17.5 Å². The van der Waals surface area contributed by atoms with Crippen molar-refractivity contribution >= 4 is 11.8 Å². The van der Waals surface area contributed by atoms with E-state index in [9.17, 15) is 5.26 Å². The molecule has 0 unspecified atom stereocenters. The first-order valence-electron chi connectivity index (χ1n) is 6.62. The SMILES string of the molecule is Cc1cc(Sc2nnc(-c3ccccc3)o2)c(C#N)c(C)n1. The topological polar surface area (TPSA) is 75.6 Å². The molecule has 0 aliphatic carbocycles. The maximum absolute atomic E-state index is 9.28. The molecule has 0 aliphatic heterocycles. The third kappa shape index (κ3) is 2.85. The van der Waals surface area contributed by atoms with Crippen molar-refractivity contribution in [3.05, 3.63) is 53.3 Å². The van der Waals surface area contributed by atoms with Gasteiger partial charge in [0.05, 0.1) is 11.3 Å². The van der Waals surface area contributed by atoms with E-state index in [1.165, 1.54) is 11.8 Å². The smallest absolute Gasteiger partial charge is 0.281 e. The molecule has 0 saturated carbocycles. The van der Waals surface area contributed by atoms with Crippen LogP contribution in [-0.2, 0) is 0 Å². The normalized spacial score (nSPS) is 10.4. The summed E-state index contributed by atoms with van der Waals surface area (Å²) in [5.41, 5.74) is 2.95. The highest BCUT2D eigenvalue weighted by molar-refractivity contribution is 7.99. The lowest BCUT2D eigenvalue weighted by atomic mass is 10.2. The summed E-state index contributed by atoms with van der Waals surface area (Å²) in [6, 6.07) is 13.6. The molecule has 2 aromatic heterocycles. The Kier molecular flexibility index (Phi) is 3.90. The van der Waals surface area contributed by atoms with Crippen molar-refractivity contribution in [1.82, 2.24) is 15.2 Å². The van der Waals surface area contributed by atoms with E-state index in [1.54, 1.807) is 0 Å². The van der Waals surface area contributed by atoms with Crippen LogP contribution in [0.4, 0.5) is 0 Å². The monoisotopic (exact) mass is 308 g/mol. The van der Waals surface area contributed by atoms with Gasteiger partial charge in [0.1, 0.15) is 6.07 Å². The Labute approximate surface area is 132 Å². The van der Waals surface area contributed by atoms with E-state index in [0.29, 0.717) is 22.4 Å². The quantitative estimate of drug-likeness (QED) is 0.733. The van der Waals surface area contributed by atoms with Crippen LogP contribution in [0.1, 0.15) is 17.0 Å². The maximum Gasteiger partial charge on any atom is 0.281 e. The third-order valence-electron chi connectivity index (χ3n) is 3.03. The first-order valence-corrected chi connectivity index (χ1v) is 7.44. The largest absolute Gasteiger partial charge is 0.411 e. The predicted molar refractivity (Wildman–Crippen MR) is 82.3 cm³/mol. The number of nitriles is 1. The Bertz CT molecular complexity index is 852. The van der Waals surface area contributed by atoms with Crippen molar-refractivity contribution < 1.29 is 4.42 Å². The molecule has 0 amide bonds. The van der Waals surface area contributed by atoms with Crippen molar-refractivity contribution in [2.45, 2.75) is 24.0 Å². The highest BCUT2D eigenvalue weighted by Gasteiger charge is 2.14. The van der Waals surface area contributed by atoms with E-state index < -0.39 is 0 Å². The van der Waals surface area contributed by atoms with Crippen molar-refractivity contribution in [3.63, 3.8) is 0 Å². The van der Waals surface area contributed by atoms with Crippen LogP contribution in [0.2, 0.25) is 0 Å². The second-order valence-electron chi connectivity index (χ2n) is 4.68. The number of nitrogens with zero attached hydrogens (tertiary/aromatic N) is 4. The fourth-order valence-corrected chi connectivity index (χ4v) is 2.97. The van der Waals surface area contributed by atoms with E-state index in [4.69, 9.17) is 4.42 Å². The zero-order valence-corrected chi connectivity index (χ0v) is 12.9. The molecule has 1 aromatic carbocycles. The molecule has 0 fully saturated rings. The maximum atomic E-state index is 9.28. The van der Waals surface area contributed by atoms with E-state index in [1.807, 2.05) is 50.2 Å². The second-order valence-corrected chi connectivity index (χ2v) is 5.67. The van der Waals surface area contributed by atoms with Gasteiger partial charge in [0, 0.05) is 16.2 Å². The summed E-state index contributed by atoms with van der Waals surface area (Å²) in [7, 11) is 0. The Morgan fingerprint density at radius 3 is 2.64 bits per heavy atom. The van der Waals surface area contributed by atoms with Gasteiger partial charge >= 0.3 is 0 Å². The lowest BCUT2D eigenvalue weighted by Gasteiger charge is -2.04. The summed E-state index contributed by atoms with van der Waals surface area (Å²) >= 11 is 1.28. The van der Waals surface area contributed by atoms with Crippen LogP contribution in [0, 0.1) is 25.2 Å². The van der Waals surface area contributed by atoms with E-state index >= 15 is 0 Å². The minimum Gasteiger partial charge on any atom is -0.411 e. The van der Waals surface area contributed by atoms with Crippen LogP contribution in [0.3, 0.4) is 0 Å². The number of aromatic nitrogens is 3. The molecule has 108 valence electrons. The summed E-state index contributed by atoms with van der Waals surface area (Å²) in [6.45, 7) is 3.71. The molecular formula is C16H12N4OS. The van der Waals surface area contributed by atoms with Gasteiger partial charge in [0.25, 0.3) is 5.22 Å². The van der Waals surface area contributed by atoms with E-state index in [-0.39, 0.29) is 0 Å². The first-order chi connectivity index (χ1) is 10.7. The molecule has 2 heterocycles. The van der Waals surface area contributed by atoms with Crippen molar-refractivity contribution in [2.24, 2.45) is 0 Å². The van der Waals surface area contributed by atoms with Crippen LogP contribution >= 0.6 is 11.8 Å². The van der Waals surface area contributed by atoms with Crippen molar-refractivity contribution in [1.29, 1.82) is 5.26 Å². The summed E-state index contributed by atoms with van der Waals surface area (Å²) in [6.07, 6.45) is 0. The standard InChI is InChI=1S/C16H12N4OS/c1-10-8-14(13(9-17)11(2)18-10)22-16-20-19-15(21-16)12-6-4-3-5-7-12/h3-8H,1-2H3. The minimum atomic E-state index is 0.403. The van der Waals surface area contributed by atoms with Gasteiger partial charge in [-0.2, -0.15) is 5.26 Å². The summed E-state index contributed by atoms with van der Waals surface area (Å²) in [5, 5.41) is 17.8. The average molecular weight is 308 g/mol. The number of pyridine rings is 1. The molecule has 5 nitrogen and oxygen atoms in total. The molecule has 0 saturated heterocycles. The first kappa shape index (κ1) is 14.3. The van der Waals surface area contributed by atoms with Gasteiger partial charge in [0.15, 0.2) is 0 Å². The van der Waals surface area contributed by atoms with Crippen LogP contribution in [0.25, 0.3) is 11.5 Å². The third-order valence-corrected chi connectivity index (χ3v) is 3.91. The molecule has 0 radical (unpaired) electrons. The Balaban J connectivity index is 1.92. The van der Waals surface area contributed by atoms with Crippen molar-refractivity contribution in [2.75, 3.05) is 0 Å². The van der Waals surface area contributed by atoms with Gasteiger partial charge in [-0.3, -0.25) is 4.98 Å². The lowest BCUT2D eigenvalue weighted by Crippen LogP contribution is -1.94. The predicted octanol–water partition coefficient (Wildman–Crippen LogP) is 3.77. The highest BCUT2D eigenvalue weighted by Crippen LogP contribution is 2.32. The zero-order valence-electron chi connectivity index (χ0n) is 12.1. The fraction of sp³-hybridized carbons (Fsp3) is 0.125. The average Bonchev–Trinajstić information content (AvgIpc) is 2.96. The van der Waals surface area contributed by atoms with E-state index in [0.717, 1.165) is 16.2 Å². The Morgan fingerprint density at radius 1 is 1.14 bits per heavy atom. The molecule has 3 rings (SSSR count). The number of rotatable bonds is 3. The molecule has 6 heteroatoms. The highest BCUT2D eigenvalue weighted by atomic mass is 32.2. The molecule has 22 heavy (non-hydrogen) atoms. The van der Waals surface area contributed by atoms with Gasteiger partial charge in [-0.15, -0.1) is 10.2 Å². The van der Waals surface area contributed by atoms with Crippen LogP contribution < -0.4 is 0 Å². The molecule has 0 N–H and O–H groups in total. The Morgan fingerprint density at radius 2 is 1.91 bits per heavy atom. The fourth-order valence-electron chi connectivity index (χ4n) is 2.05. The van der Waals surface area contributed by atoms with Gasteiger partial charge in [-0.25, -0.2) is 0 Å². The number of benzene rings is 1. The van der Waals surface area contributed by atoms with Gasteiger partial charge < -0.3 is 4.42 Å². The molecule has 3 aromatic rings. The molecule has 0 spiro atoms. The summed E-state index contributed by atoms with van der Waals surface area (Å²) in [4.78, 5) is 5.07. The molecular weight excluding hydrogens is 296 g/mol. The number of hydrogen-bond donors (Lipinski definition) is 0. The van der Waals surface area contributed by atoms with Crippen LogP contribution in [0.5, 0.6) is 0 Å². The minimum absolute atomic E-state index is 0.403. The van der Waals surface area contributed by atoms with Crippen LogP contribution in [-0.4, -0.2) is 15.2 Å². The van der Waals surface area contributed by atoms with E-state index in [2.05, 4.69) is 21.3 Å². The molecule has 0 aliphatic rings. The Hall–Kier alpha value is -2.65. The van der Waals surface area contributed by atoms with Gasteiger partial charge in [0.2, 0.25) is 5.89 Å². The van der Waals surface area contributed by atoms with Gasteiger partial charge in [-0.05, 0) is 43.8 Å². The number of hydrogen-bond acceptors (Lipinski definition) is 6. The summed E-state index contributed by atoms with van der Waals surface area (Å²) in [5.74, 6) is 0.462. The lowest BCUT2D eigenvalue weighted by molar-refractivity contribution is 0.466. The summed E-state index contributed by atoms with van der Waals surface area (Å²) < 4.78 is 5.66. The zero-order chi connectivity index (χ0) is 15.5. The van der Waals surface area contributed by atoms with Gasteiger partial charge in [-0.1, -0.05) is 18.2 Å². The van der Waals surface area contributed by atoms with Crippen LogP contribution in [0.15, 0.2) is 50.9 Å². The molecule has 0 atom stereocenters.